The minimum atomic E-state index is -4.79. The van der Waals surface area contributed by atoms with Gasteiger partial charge in [0, 0.05) is 18.0 Å². The average Bonchev–Trinajstić information content (AvgIpc) is 3.68. The van der Waals surface area contributed by atoms with Crippen molar-refractivity contribution in [2.45, 2.75) is 25.3 Å². The number of rotatable bonds is 10. The molecular formula is C28H19ClF7N7O2. The van der Waals surface area contributed by atoms with Crippen molar-refractivity contribution in [3.8, 4) is 28.1 Å². The minimum Gasteiger partial charge on any atom is -0.366 e. The number of hydrogen-bond donors (Lipinski definition) is 1. The second kappa shape index (κ2) is 12.6. The molecule has 0 radical (unpaired) electrons. The number of ether oxygens (including phenoxy) is 1. The van der Waals surface area contributed by atoms with E-state index in [-0.39, 0.29) is 34.0 Å². The number of benzene rings is 2. The van der Waals surface area contributed by atoms with Gasteiger partial charge in [-0.25, -0.2) is 13.5 Å². The van der Waals surface area contributed by atoms with Gasteiger partial charge in [0.05, 0.1) is 52.6 Å². The fraction of sp³-hybridized carbons (Fsp3) is 0.179. The molecule has 0 saturated heterocycles. The molecule has 2 aromatic carbocycles. The Kier molecular flexibility index (Phi) is 8.88. The van der Waals surface area contributed by atoms with Crippen molar-refractivity contribution in [1.29, 1.82) is 0 Å². The number of nitrogens with two attached hydrogens (primary N) is 1. The van der Waals surface area contributed by atoms with Crippen LogP contribution in [0.1, 0.15) is 34.1 Å². The normalized spacial score (nSPS) is 12.6. The summed E-state index contributed by atoms with van der Waals surface area (Å²) in [5.41, 5.74) is 4.30. The molecule has 0 aliphatic rings. The standard InChI is InChI=1S/C28H19ClF7N7O2/c29-18-4-6-22(43-13-23(40-41-43)28(34,35)36)24(25(18)31)20-5-2-15(10-38-20)21(7-8-45-27(32)33)42-12-16(11-39-42)14-1-3-17(26(37)44)19(30)9-14/h1-6,9-13,21,27H,7-8H2,(H2,37,44). The van der Waals surface area contributed by atoms with Gasteiger partial charge >= 0.3 is 12.8 Å². The highest BCUT2D eigenvalue weighted by Crippen LogP contribution is 2.35. The lowest BCUT2D eigenvalue weighted by Crippen LogP contribution is -2.15. The number of primary amides is 1. The fourth-order valence-electron chi connectivity index (χ4n) is 4.51. The number of pyridine rings is 1. The summed E-state index contributed by atoms with van der Waals surface area (Å²) in [5, 5.41) is 10.5. The summed E-state index contributed by atoms with van der Waals surface area (Å²) in [6.07, 6.45) is -0.0309. The van der Waals surface area contributed by atoms with Gasteiger partial charge in [-0.15, -0.1) is 5.10 Å². The van der Waals surface area contributed by atoms with E-state index in [1.165, 1.54) is 53.6 Å². The number of nitrogens with zero attached hydrogens (tertiary/aromatic N) is 6. The van der Waals surface area contributed by atoms with Crippen LogP contribution in [0.2, 0.25) is 5.02 Å². The van der Waals surface area contributed by atoms with Gasteiger partial charge in [-0.2, -0.15) is 27.1 Å². The number of carbonyl (C=O) groups excluding carboxylic acids is 1. The highest BCUT2D eigenvalue weighted by molar-refractivity contribution is 6.31. The Morgan fingerprint density at radius 2 is 1.80 bits per heavy atom. The first-order valence-electron chi connectivity index (χ1n) is 12.8. The lowest BCUT2D eigenvalue weighted by molar-refractivity contribution is -0.141. The van der Waals surface area contributed by atoms with Gasteiger partial charge in [-0.1, -0.05) is 28.9 Å². The Hall–Kier alpha value is -4.83. The molecule has 5 rings (SSSR count). The molecule has 0 fully saturated rings. The van der Waals surface area contributed by atoms with Gasteiger partial charge in [0.25, 0.3) is 5.91 Å². The number of aromatic nitrogens is 6. The maximum absolute atomic E-state index is 15.3. The van der Waals surface area contributed by atoms with Crippen LogP contribution in [-0.2, 0) is 10.9 Å². The van der Waals surface area contributed by atoms with Crippen LogP contribution in [0.25, 0.3) is 28.1 Å². The molecule has 0 aliphatic carbocycles. The Balaban J connectivity index is 1.50. The molecule has 17 heteroatoms. The molecule has 3 heterocycles. The van der Waals surface area contributed by atoms with E-state index in [2.05, 4.69) is 25.1 Å². The molecular weight excluding hydrogens is 635 g/mol. The van der Waals surface area contributed by atoms with Crippen molar-refractivity contribution in [3.05, 3.63) is 101 Å². The molecule has 1 unspecified atom stereocenters. The zero-order valence-electron chi connectivity index (χ0n) is 22.5. The number of carbonyl (C=O) groups is 1. The van der Waals surface area contributed by atoms with E-state index in [4.69, 9.17) is 17.3 Å². The summed E-state index contributed by atoms with van der Waals surface area (Å²) >= 11 is 5.97. The number of amides is 1. The third-order valence-electron chi connectivity index (χ3n) is 6.65. The van der Waals surface area contributed by atoms with Gasteiger partial charge in [0.2, 0.25) is 0 Å². The van der Waals surface area contributed by atoms with Gasteiger partial charge in [-0.3, -0.25) is 14.5 Å². The molecule has 234 valence electrons. The van der Waals surface area contributed by atoms with Crippen molar-refractivity contribution in [2.24, 2.45) is 5.73 Å². The zero-order valence-corrected chi connectivity index (χ0v) is 23.3. The summed E-state index contributed by atoms with van der Waals surface area (Å²) in [7, 11) is 0. The number of hydrogen-bond acceptors (Lipinski definition) is 6. The highest BCUT2D eigenvalue weighted by atomic mass is 35.5. The monoisotopic (exact) mass is 653 g/mol. The summed E-state index contributed by atoms with van der Waals surface area (Å²) in [6.45, 7) is -3.44. The van der Waals surface area contributed by atoms with Gasteiger partial charge in [0.1, 0.15) is 5.82 Å². The highest BCUT2D eigenvalue weighted by Gasteiger charge is 2.35. The number of halogens is 8. The predicted molar refractivity (Wildman–Crippen MR) is 145 cm³/mol. The van der Waals surface area contributed by atoms with Crippen molar-refractivity contribution in [2.75, 3.05) is 6.61 Å². The molecule has 2 N–H and O–H groups in total. The smallest absolute Gasteiger partial charge is 0.366 e. The van der Waals surface area contributed by atoms with Crippen LogP contribution >= 0.6 is 11.6 Å². The summed E-state index contributed by atoms with van der Waals surface area (Å²) in [6, 6.07) is 8.25. The zero-order chi connectivity index (χ0) is 32.5. The molecule has 0 bridgehead atoms. The van der Waals surface area contributed by atoms with E-state index < -0.39 is 48.7 Å². The SMILES string of the molecule is NC(=O)c1ccc(-c2cnn(C(CCOC(F)F)c3ccc(-c4c(-n5cc(C(F)(F)F)nn5)ccc(Cl)c4F)nc3)c2)cc1F. The van der Waals surface area contributed by atoms with Crippen LogP contribution in [0.4, 0.5) is 30.7 Å². The lowest BCUT2D eigenvalue weighted by atomic mass is 10.0. The van der Waals surface area contributed by atoms with Gasteiger partial charge in [-0.05, 0) is 47.9 Å². The van der Waals surface area contributed by atoms with Crippen molar-refractivity contribution >= 4 is 17.5 Å². The quantitative estimate of drug-likeness (QED) is 0.173. The summed E-state index contributed by atoms with van der Waals surface area (Å²) < 4.78 is 101. The molecule has 0 spiro atoms. The van der Waals surface area contributed by atoms with Crippen LogP contribution in [0.3, 0.4) is 0 Å². The van der Waals surface area contributed by atoms with E-state index in [1.54, 1.807) is 0 Å². The van der Waals surface area contributed by atoms with E-state index in [0.29, 0.717) is 22.9 Å². The van der Waals surface area contributed by atoms with Crippen molar-refractivity contribution < 1.29 is 40.3 Å². The van der Waals surface area contributed by atoms with Crippen LogP contribution in [0.15, 0.2) is 67.3 Å². The minimum absolute atomic E-state index is 0.0303. The predicted octanol–water partition coefficient (Wildman–Crippen LogP) is 6.46. The van der Waals surface area contributed by atoms with Gasteiger partial charge in [0.15, 0.2) is 11.5 Å². The molecule has 0 saturated carbocycles. The van der Waals surface area contributed by atoms with Crippen molar-refractivity contribution in [3.63, 3.8) is 0 Å². The molecule has 0 aliphatic heterocycles. The topological polar surface area (TPSA) is 114 Å². The largest absolute Gasteiger partial charge is 0.436 e. The molecule has 5 aromatic rings. The average molecular weight is 654 g/mol. The van der Waals surface area contributed by atoms with E-state index in [0.717, 1.165) is 16.8 Å². The Morgan fingerprint density at radius 3 is 2.42 bits per heavy atom. The van der Waals surface area contributed by atoms with E-state index in [9.17, 15) is 31.1 Å². The van der Waals surface area contributed by atoms with Crippen LogP contribution in [-0.4, -0.2) is 48.9 Å². The molecule has 1 atom stereocenters. The van der Waals surface area contributed by atoms with Crippen LogP contribution in [0.5, 0.6) is 0 Å². The second-order valence-corrected chi connectivity index (χ2v) is 9.89. The summed E-state index contributed by atoms with van der Waals surface area (Å²) in [5.74, 6) is -2.77. The molecule has 1 amide bonds. The van der Waals surface area contributed by atoms with E-state index in [1.807, 2.05) is 0 Å². The summed E-state index contributed by atoms with van der Waals surface area (Å²) in [4.78, 5) is 15.6. The first-order valence-corrected chi connectivity index (χ1v) is 13.2. The Morgan fingerprint density at radius 1 is 1.02 bits per heavy atom. The van der Waals surface area contributed by atoms with Crippen LogP contribution < -0.4 is 5.73 Å². The lowest BCUT2D eigenvalue weighted by Gasteiger charge is -2.19. The third-order valence-corrected chi connectivity index (χ3v) is 6.95. The number of alkyl halides is 5. The van der Waals surface area contributed by atoms with Gasteiger partial charge < -0.3 is 10.5 Å². The fourth-order valence-corrected chi connectivity index (χ4v) is 4.67. The second-order valence-electron chi connectivity index (χ2n) is 9.48. The first kappa shape index (κ1) is 31.6. The first-order chi connectivity index (χ1) is 21.3. The maximum Gasteiger partial charge on any atom is 0.436 e. The maximum atomic E-state index is 15.3. The molecule has 45 heavy (non-hydrogen) atoms. The third kappa shape index (κ3) is 6.81. The van der Waals surface area contributed by atoms with E-state index >= 15 is 4.39 Å². The Labute approximate surface area is 254 Å². The Bertz CT molecular complexity index is 1840. The van der Waals surface area contributed by atoms with Crippen molar-refractivity contribution in [1.82, 2.24) is 29.8 Å². The van der Waals surface area contributed by atoms with Crippen LogP contribution in [0, 0.1) is 11.6 Å². The molecule has 9 nitrogen and oxygen atoms in total. The molecule has 3 aromatic heterocycles.